The van der Waals surface area contributed by atoms with Gasteiger partial charge in [0.05, 0.1) is 21.6 Å². The Morgan fingerprint density at radius 1 is 0.558 bits per heavy atom. The lowest BCUT2D eigenvalue weighted by molar-refractivity contribution is -0.116. The minimum absolute atomic E-state index is 0.100. The second-order valence-corrected chi connectivity index (χ2v) is 14.6. The van der Waals surface area contributed by atoms with E-state index in [4.69, 9.17) is 0 Å². The molecule has 4 N–H and O–H groups in total. The first-order valence-electron chi connectivity index (χ1n) is 15.3. The number of aliphatic imine (C=N–C) groups is 2. The van der Waals surface area contributed by atoms with Crippen molar-refractivity contribution in [2.45, 2.75) is 0 Å². The number of amides is 4. The molecule has 0 heterocycles. The summed E-state index contributed by atoms with van der Waals surface area (Å²) >= 11 is 0. The third-order valence-corrected chi connectivity index (χ3v) is 10.1. The molecule has 4 unspecified atom stereocenters. The molecular weight excluding hydrogens is 717 g/mol. The molecule has 6 rings (SSSR count). The highest BCUT2D eigenvalue weighted by Crippen LogP contribution is 2.32. The van der Waals surface area contributed by atoms with Crippen LogP contribution in [-0.2, 0) is 29.8 Å². The predicted molar refractivity (Wildman–Crippen MR) is 189 cm³/mol. The number of allylic oxidation sites excluding steroid dienone is 10. The van der Waals surface area contributed by atoms with E-state index in [1.807, 2.05) is 0 Å². The van der Waals surface area contributed by atoms with Crippen LogP contribution >= 0.6 is 0 Å². The highest BCUT2D eigenvalue weighted by atomic mass is 32.2. The van der Waals surface area contributed by atoms with E-state index in [-0.39, 0.29) is 22.6 Å². The van der Waals surface area contributed by atoms with E-state index in [1.165, 1.54) is 85.0 Å². The molecule has 52 heavy (non-hydrogen) atoms. The number of ketones is 2. The number of hydrogen-bond acceptors (Lipinski definition) is 9. The van der Waals surface area contributed by atoms with Gasteiger partial charge in [0, 0.05) is 34.3 Å². The molecule has 2 aromatic rings. The highest BCUT2D eigenvalue weighted by Gasteiger charge is 2.35. The summed E-state index contributed by atoms with van der Waals surface area (Å²) < 4.78 is 64.6. The Kier molecular flexibility index (Phi) is 9.61. The summed E-state index contributed by atoms with van der Waals surface area (Å²) in [6.07, 6.45) is 13.5. The van der Waals surface area contributed by atoms with E-state index in [9.17, 15) is 49.9 Å². The van der Waals surface area contributed by atoms with Crippen LogP contribution in [0.4, 0.5) is 16.2 Å². The number of hydrogen-bond donors (Lipinski definition) is 4. The molecular formula is C35H26N4O11S2. The van der Waals surface area contributed by atoms with Crippen molar-refractivity contribution >= 4 is 72.4 Å². The molecule has 17 heteroatoms. The minimum atomic E-state index is -4.52. The average Bonchev–Trinajstić information content (AvgIpc) is 3.10. The topological polar surface area (TPSA) is 243 Å². The van der Waals surface area contributed by atoms with Crippen molar-refractivity contribution in [1.82, 2.24) is 0 Å². The van der Waals surface area contributed by atoms with E-state index < -0.39 is 83.1 Å². The van der Waals surface area contributed by atoms with Crippen molar-refractivity contribution < 1.29 is 49.9 Å². The Morgan fingerprint density at radius 3 is 1.25 bits per heavy atom. The minimum Gasteiger partial charge on any atom is -0.308 e. The Hall–Kier alpha value is -6.01. The number of anilines is 2. The maximum absolute atomic E-state index is 12.9. The van der Waals surface area contributed by atoms with Crippen LogP contribution in [-0.4, -0.2) is 66.8 Å². The lowest BCUT2D eigenvalue weighted by Gasteiger charge is -2.25. The van der Waals surface area contributed by atoms with Crippen LogP contribution in [0.15, 0.2) is 129 Å². The Bertz CT molecular complexity index is 2230. The summed E-state index contributed by atoms with van der Waals surface area (Å²) in [6.45, 7) is 0. The maximum atomic E-state index is 12.9. The standard InChI is InChI=1S/C35H26N4O11S2/c40-31-27-17-25(51(45,46)47)13-5-19(27)7-15-29(31)38-33(42)21-1-9-23(10-2-21)36-35(44)37-24-11-3-22(4-12-24)34(43)39-30-16-8-20-6-14-26(52(48,49)50)18-28(20)32(30)41/h1-20,27-28H,(H2,36,37,44)(H,45,46,47)(H,48,49,50). The van der Waals surface area contributed by atoms with Gasteiger partial charge < -0.3 is 10.6 Å². The van der Waals surface area contributed by atoms with Crippen LogP contribution in [0.2, 0.25) is 0 Å². The van der Waals surface area contributed by atoms with Gasteiger partial charge in [-0.15, -0.1) is 0 Å². The number of nitrogens with zero attached hydrogens (tertiary/aromatic N) is 2. The summed E-state index contributed by atoms with van der Waals surface area (Å²) in [5.41, 5.74) is 0.442. The van der Waals surface area contributed by atoms with Gasteiger partial charge in [0.25, 0.3) is 32.1 Å². The monoisotopic (exact) mass is 742 g/mol. The second kappa shape index (κ2) is 14.0. The van der Waals surface area contributed by atoms with Gasteiger partial charge in [0.1, 0.15) is 11.4 Å². The Morgan fingerprint density at radius 2 is 0.904 bits per heavy atom. The Labute approximate surface area is 296 Å². The molecule has 0 fully saturated rings. The van der Waals surface area contributed by atoms with E-state index >= 15 is 0 Å². The number of nitrogens with one attached hydrogen (secondary N) is 2. The van der Waals surface area contributed by atoms with Gasteiger partial charge in [-0.3, -0.25) is 28.3 Å². The predicted octanol–water partition coefficient (Wildman–Crippen LogP) is 3.92. The molecule has 264 valence electrons. The number of carbonyl (C=O) groups is 5. The van der Waals surface area contributed by atoms with Gasteiger partial charge in [-0.25, -0.2) is 14.8 Å². The zero-order valence-corrected chi connectivity index (χ0v) is 28.1. The summed E-state index contributed by atoms with van der Waals surface area (Å²) in [5.74, 6) is -5.49. The number of benzene rings is 2. The largest absolute Gasteiger partial charge is 0.323 e. The van der Waals surface area contributed by atoms with E-state index in [0.29, 0.717) is 11.4 Å². The van der Waals surface area contributed by atoms with Gasteiger partial charge in [0.2, 0.25) is 0 Å². The van der Waals surface area contributed by atoms with Crippen molar-refractivity contribution in [1.29, 1.82) is 0 Å². The molecule has 0 radical (unpaired) electrons. The molecule has 0 spiro atoms. The number of fused-ring (bicyclic) bond motifs is 2. The summed E-state index contributed by atoms with van der Waals surface area (Å²) in [5, 5.41) is 5.16. The first kappa shape index (κ1) is 35.8. The molecule has 4 amide bonds. The molecule has 2 aromatic carbocycles. The van der Waals surface area contributed by atoms with E-state index in [1.54, 1.807) is 12.2 Å². The summed E-state index contributed by atoms with van der Waals surface area (Å²) in [4.78, 5) is 71.0. The third-order valence-electron chi connectivity index (χ3n) is 8.36. The van der Waals surface area contributed by atoms with Gasteiger partial charge in [-0.2, -0.15) is 16.8 Å². The van der Waals surface area contributed by atoms with Crippen molar-refractivity contribution in [2.24, 2.45) is 33.7 Å². The Balaban J connectivity index is 1.04. The van der Waals surface area contributed by atoms with Crippen LogP contribution in [0.3, 0.4) is 0 Å². The summed E-state index contributed by atoms with van der Waals surface area (Å²) in [7, 11) is -9.05. The smallest absolute Gasteiger partial charge is 0.308 e. The SMILES string of the molecule is O=C(Nc1ccc(C(=O)N=C2C=CC3C=CC(S(=O)(=O)O)=CC3C2=O)cc1)Nc1ccc(C(=O)N=C2C=CC3C=CC(S(=O)(=O)O)=CC3C2=O)cc1. The van der Waals surface area contributed by atoms with Crippen LogP contribution in [0.1, 0.15) is 20.7 Å². The van der Waals surface area contributed by atoms with Gasteiger partial charge in [-0.05, 0) is 72.8 Å². The lowest BCUT2D eigenvalue weighted by Crippen LogP contribution is -2.32. The molecule has 0 aromatic heterocycles. The molecule has 0 bridgehead atoms. The fourth-order valence-corrected chi connectivity index (χ4v) is 6.82. The molecule has 0 saturated heterocycles. The second-order valence-electron chi connectivity index (χ2n) is 11.8. The molecule has 4 aliphatic carbocycles. The van der Waals surface area contributed by atoms with Gasteiger partial charge in [0.15, 0.2) is 11.6 Å². The number of carbonyl (C=O) groups excluding carboxylic acids is 5. The molecule has 4 aliphatic rings. The zero-order valence-electron chi connectivity index (χ0n) is 26.5. The quantitative estimate of drug-likeness (QED) is 0.309. The van der Waals surface area contributed by atoms with Gasteiger partial charge in [-0.1, -0.05) is 36.5 Å². The fourth-order valence-electron chi connectivity index (χ4n) is 5.68. The van der Waals surface area contributed by atoms with E-state index in [0.717, 1.165) is 12.2 Å². The number of urea groups is 1. The van der Waals surface area contributed by atoms with Crippen LogP contribution < -0.4 is 10.6 Å². The fraction of sp³-hybridized carbons (Fsp3) is 0.114. The normalized spacial score (nSPS) is 23.8. The van der Waals surface area contributed by atoms with Crippen molar-refractivity contribution in [3.63, 3.8) is 0 Å². The zero-order chi connectivity index (χ0) is 37.4. The average molecular weight is 743 g/mol. The first-order valence-corrected chi connectivity index (χ1v) is 18.2. The first-order chi connectivity index (χ1) is 24.6. The third kappa shape index (κ3) is 7.82. The van der Waals surface area contributed by atoms with Crippen LogP contribution in [0.25, 0.3) is 0 Å². The number of Topliss-reactive ketones (excluding diaryl/α,β-unsaturated/α-hetero) is 2. The van der Waals surface area contributed by atoms with E-state index in [2.05, 4.69) is 20.6 Å². The van der Waals surface area contributed by atoms with Gasteiger partial charge >= 0.3 is 6.03 Å². The number of rotatable bonds is 6. The molecule has 4 atom stereocenters. The van der Waals surface area contributed by atoms with Crippen molar-refractivity contribution in [3.8, 4) is 0 Å². The summed E-state index contributed by atoms with van der Waals surface area (Å²) in [6, 6.07) is 10.6. The lowest BCUT2D eigenvalue weighted by atomic mass is 9.79. The van der Waals surface area contributed by atoms with Crippen molar-refractivity contribution in [2.75, 3.05) is 10.6 Å². The molecule has 0 saturated carbocycles. The maximum Gasteiger partial charge on any atom is 0.323 e. The van der Waals surface area contributed by atoms with Crippen LogP contribution in [0, 0.1) is 23.7 Å². The van der Waals surface area contributed by atoms with Crippen molar-refractivity contribution in [3.05, 3.63) is 130 Å². The molecule has 0 aliphatic heterocycles. The van der Waals surface area contributed by atoms with Crippen LogP contribution in [0.5, 0.6) is 0 Å². The molecule has 15 nitrogen and oxygen atoms in total. The highest BCUT2D eigenvalue weighted by molar-refractivity contribution is 7.90.